The van der Waals surface area contributed by atoms with E-state index in [0.29, 0.717) is 6.54 Å². The highest BCUT2D eigenvalue weighted by molar-refractivity contribution is 7.98. The van der Waals surface area contributed by atoms with Gasteiger partial charge in [-0.1, -0.05) is 30.0 Å². The summed E-state index contributed by atoms with van der Waals surface area (Å²) in [7, 11) is 0. The maximum absolute atomic E-state index is 5.96. The van der Waals surface area contributed by atoms with E-state index in [9.17, 15) is 0 Å². The molecule has 3 rings (SSSR count). The number of thioether (sulfide) groups is 1. The minimum atomic E-state index is 0.688. The van der Waals surface area contributed by atoms with Crippen LogP contribution < -0.4 is 4.74 Å². The van der Waals surface area contributed by atoms with Gasteiger partial charge in [-0.15, -0.1) is 0 Å². The summed E-state index contributed by atoms with van der Waals surface area (Å²) in [6.45, 7) is 2.73. The molecule has 0 atom stereocenters. The van der Waals surface area contributed by atoms with Gasteiger partial charge in [0.15, 0.2) is 5.16 Å². The maximum Gasteiger partial charge on any atom is 0.168 e. The molecule has 1 aromatic carbocycles. The van der Waals surface area contributed by atoms with Gasteiger partial charge in [0, 0.05) is 24.2 Å². The van der Waals surface area contributed by atoms with Crippen LogP contribution in [0, 0.1) is 6.92 Å². The molecule has 0 radical (unpaired) electrons. The van der Waals surface area contributed by atoms with Crippen LogP contribution in [0.1, 0.15) is 11.3 Å². The number of rotatable bonds is 5. The smallest absolute Gasteiger partial charge is 0.168 e. The van der Waals surface area contributed by atoms with Crippen LogP contribution in [0.2, 0.25) is 0 Å². The Morgan fingerprint density at radius 2 is 1.91 bits per heavy atom. The van der Waals surface area contributed by atoms with Crippen molar-refractivity contribution < 1.29 is 4.74 Å². The first-order valence-corrected chi connectivity index (χ1v) is 8.23. The number of hydrogen-bond donors (Lipinski definition) is 0. The molecule has 0 saturated carbocycles. The normalized spacial score (nSPS) is 10.6. The van der Waals surface area contributed by atoms with Gasteiger partial charge in [-0.2, -0.15) is 0 Å². The van der Waals surface area contributed by atoms with Crippen molar-refractivity contribution in [1.29, 1.82) is 0 Å². The zero-order chi connectivity index (χ0) is 15.4. The minimum Gasteiger partial charge on any atom is -0.457 e. The van der Waals surface area contributed by atoms with Crippen LogP contribution >= 0.6 is 11.8 Å². The second-order valence-electron chi connectivity index (χ2n) is 4.84. The van der Waals surface area contributed by atoms with Crippen LogP contribution in [0.25, 0.3) is 0 Å². The topological polar surface area (TPSA) is 39.9 Å². The molecular weight excluding hydrogens is 294 g/mol. The summed E-state index contributed by atoms with van der Waals surface area (Å²) in [5.41, 5.74) is 2.04. The Kier molecular flexibility index (Phi) is 4.44. The number of aromatic nitrogens is 3. The van der Waals surface area contributed by atoms with Gasteiger partial charge in [0.1, 0.15) is 11.5 Å². The number of ether oxygens (including phenoxy) is 1. The number of hydrogen-bond acceptors (Lipinski definition) is 4. The van der Waals surface area contributed by atoms with Crippen molar-refractivity contribution in [2.24, 2.45) is 0 Å². The van der Waals surface area contributed by atoms with Gasteiger partial charge < -0.3 is 9.30 Å². The van der Waals surface area contributed by atoms with Crippen LogP contribution in [0.4, 0.5) is 0 Å². The zero-order valence-electron chi connectivity index (χ0n) is 12.6. The first kappa shape index (κ1) is 14.7. The molecule has 22 heavy (non-hydrogen) atoms. The number of nitrogens with zero attached hydrogens (tertiary/aromatic N) is 3. The molecule has 3 aromatic rings. The largest absolute Gasteiger partial charge is 0.457 e. The Morgan fingerprint density at radius 3 is 2.68 bits per heavy atom. The lowest BCUT2D eigenvalue weighted by Crippen LogP contribution is -2.05. The molecule has 0 aliphatic rings. The van der Waals surface area contributed by atoms with Gasteiger partial charge in [-0.25, -0.2) is 4.98 Å². The van der Waals surface area contributed by atoms with E-state index in [1.54, 1.807) is 18.0 Å². The second-order valence-corrected chi connectivity index (χ2v) is 5.61. The lowest BCUT2D eigenvalue weighted by atomic mass is 10.2. The Bertz CT molecular complexity index is 756. The van der Waals surface area contributed by atoms with E-state index in [1.165, 1.54) is 0 Å². The Hall–Kier alpha value is -2.27. The fourth-order valence-electron chi connectivity index (χ4n) is 2.21. The first-order chi connectivity index (χ1) is 10.8. The van der Waals surface area contributed by atoms with Gasteiger partial charge in [0.05, 0.1) is 12.2 Å². The number of imidazole rings is 1. The number of benzene rings is 1. The fourth-order valence-corrected chi connectivity index (χ4v) is 2.74. The quantitative estimate of drug-likeness (QED) is 0.664. The van der Waals surface area contributed by atoms with E-state index < -0.39 is 0 Å². The molecule has 0 saturated heterocycles. The predicted molar refractivity (Wildman–Crippen MR) is 88.6 cm³/mol. The summed E-state index contributed by atoms with van der Waals surface area (Å²) >= 11 is 1.63. The van der Waals surface area contributed by atoms with Crippen molar-refractivity contribution in [2.75, 3.05) is 6.26 Å². The molecule has 2 heterocycles. The molecule has 4 nitrogen and oxygen atoms in total. The second kappa shape index (κ2) is 6.66. The SMILES string of the molecule is CSc1nccn1Cc1nccc(Oc2ccccc2)c1C. The van der Waals surface area contributed by atoms with Crippen molar-refractivity contribution >= 4 is 11.8 Å². The lowest BCUT2D eigenvalue weighted by Gasteiger charge is -2.13. The van der Waals surface area contributed by atoms with Gasteiger partial charge in [0.2, 0.25) is 0 Å². The predicted octanol–water partition coefficient (Wildman–Crippen LogP) is 4.15. The first-order valence-electron chi connectivity index (χ1n) is 7.00. The van der Waals surface area contributed by atoms with Gasteiger partial charge in [-0.3, -0.25) is 4.98 Å². The lowest BCUT2D eigenvalue weighted by molar-refractivity contribution is 0.476. The summed E-state index contributed by atoms with van der Waals surface area (Å²) in [6.07, 6.45) is 7.59. The van der Waals surface area contributed by atoms with E-state index in [4.69, 9.17) is 4.74 Å². The van der Waals surface area contributed by atoms with Crippen molar-refractivity contribution in [3.05, 3.63) is 66.2 Å². The van der Waals surface area contributed by atoms with E-state index >= 15 is 0 Å². The van der Waals surface area contributed by atoms with Crippen LogP contribution in [0.15, 0.2) is 60.1 Å². The average Bonchev–Trinajstić information content (AvgIpc) is 2.99. The third-order valence-electron chi connectivity index (χ3n) is 3.41. The van der Waals surface area contributed by atoms with Gasteiger partial charge in [-0.05, 0) is 31.4 Å². The van der Waals surface area contributed by atoms with Gasteiger partial charge in [0.25, 0.3) is 0 Å². The summed E-state index contributed by atoms with van der Waals surface area (Å²) in [4.78, 5) is 8.81. The molecular formula is C17H17N3OS. The fraction of sp³-hybridized carbons (Fsp3) is 0.176. The van der Waals surface area contributed by atoms with Crippen molar-refractivity contribution in [3.8, 4) is 11.5 Å². The molecule has 0 unspecified atom stereocenters. The summed E-state index contributed by atoms with van der Waals surface area (Å²) in [5.74, 6) is 1.66. The molecule has 0 fully saturated rings. The van der Waals surface area contributed by atoms with Crippen molar-refractivity contribution in [2.45, 2.75) is 18.6 Å². The maximum atomic E-state index is 5.96. The van der Waals surface area contributed by atoms with Crippen LogP contribution in [0.5, 0.6) is 11.5 Å². The highest BCUT2D eigenvalue weighted by Gasteiger charge is 2.10. The Morgan fingerprint density at radius 1 is 1.09 bits per heavy atom. The van der Waals surface area contributed by atoms with E-state index in [-0.39, 0.29) is 0 Å². The monoisotopic (exact) mass is 311 g/mol. The van der Waals surface area contributed by atoms with E-state index in [1.807, 2.05) is 62.0 Å². The number of para-hydroxylation sites is 1. The summed E-state index contributed by atoms with van der Waals surface area (Å²) in [5, 5.41) is 0.982. The van der Waals surface area contributed by atoms with Crippen LogP contribution in [-0.2, 0) is 6.54 Å². The number of pyridine rings is 1. The molecule has 0 spiro atoms. The zero-order valence-corrected chi connectivity index (χ0v) is 13.4. The van der Waals surface area contributed by atoms with Crippen molar-refractivity contribution in [1.82, 2.24) is 14.5 Å². The molecule has 5 heteroatoms. The molecule has 0 amide bonds. The molecule has 0 aliphatic carbocycles. The summed E-state index contributed by atoms with van der Waals surface area (Å²) < 4.78 is 8.05. The standard InChI is InChI=1S/C17H17N3OS/c1-13-15(12-20-11-10-19-17(20)22-2)18-9-8-16(13)21-14-6-4-3-5-7-14/h3-11H,12H2,1-2H3. The van der Waals surface area contributed by atoms with Gasteiger partial charge >= 0.3 is 0 Å². The van der Waals surface area contributed by atoms with E-state index in [0.717, 1.165) is 27.9 Å². The molecule has 0 aliphatic heterocycles. The third kappa shape index (κ3) is 3.14. The van der Waals surface area contributed by atoms with Crippen LogP contribution in [0.3, 0.4) is 0 Å². The molecule has 0 N–H and O–H groups in total. The summed E-state index contributed by atoms with van der Waals surface area (Å²) in [6, 6.07) is 11.7. The molecule has 0 bridgehead atoms. The highest BCUT2D eigenvalue weighted by Crippen LogP contribution is 2.26. The Balaban J connectivity index is 1.86. The highest BCUT2D eigenvalue weighted by atomic mass is 32.2. The third-order valence-corrected chi connectivity index (χ3v) is 4.11. The molecule has 112 valence electrons. The van der Waals surface area contributed by atoms with Crippen LogP contribution in [-0.4, -0.2) is 20.8 Å². The average molecular weight is 311 g/mol. The van der Waals surface area contributed by atoms with Crippen molar-refractivity contribution in [3.63, 3.8) is 0 Å². The minimum absolute atomic E-state index is 0.688. The Labute approximate surface area is 134 Å². The van der Waals surface area contributed by atoms with E-state index in [2.05, 4.69) is 14.5 Å². The molecule has 2 aromatic heterocycles.